The van der Waals surface area contributed by atoms with Crippen LogP contribution in [-0.2, 0) is 0 Å². The lowest BCUT2D eigenvalue weighted by molar-refractivity contribution is 0.177. The van der Waals surface area contributed by atoms with Gasteiger partial charge in [-0.3, -0.25) is 0 Å². The molecule has 1 saturated heterocycles. The number of carbonyl (C=O) groups is 1. The molecule has 2 amide bonds. The Kier molecular flexibility index (Phi) is 5.36. The van der Waals surface area contributed by atoms with Crippen LogP contribution in [0.4, 0.5) is 10.5 Å². The van der Waals surface area contributed by atoms with E-state index in [9.17, 15) is 4.79 Å². The molecule has 21 heavy (non-hydrogen) atoms. The molecule has 0 saturated carbocycles. The number of anilines is 1. The van der Waals surface area contributed by atoms with E-state index in [-0.39, 0.29) is 17.5 Å². The summed E-state index contributed by atoms with van der Waals surface area (Å²) in [4.78, 5) is 11.9. The molecular formula is C15H21Cl2N3O. The first-order valence-electron chi connectivity index (χ1n) is 7.12. The zero-order valence-electron chi connectivity index (χ0n) is 12.3. The van der Waals surface area contributed by atoms with E-state index in [0.29, 0.717) is 22.3 Å². The van der Waals surface area contributed by atoms with Crippen molar-refractivity contribution in [1.29, 1.82) is 0 Å². The highest BCUT2D eigenvalue weighted by atomic mass is 35.5. The SMILES string of the molecule is CC1(C)CCCNC1CNC(=O)Nc1ccc(Cl)c(Cl)c1. The van der Waals surface area contributed by atoms with Gasteiger partial charge in [-0.05, 0) is 43.0 Å². The summed E-state index contributed by atoms with van der Waals surface area (Å²) in [5.74, 6) is 0. The molecule has 0 bridgehead atoms. The number of benzene rings is 1. The maximum Gasteiger partial charge on any atom is 0.319 e. The fourth-order valence-electron chi connectivity index (χ4n) is 2.56. The Bertz CT molecular complexity index is 520. The second-order valence-electron chi connectivity index (χ2n) is 6.06. The van der Waals surface area contributed by atoms with E-state index in [0.717, 1.165) is 6.54 Å². The standard InChI is InChI=1S/C15H21Cl2N3O/c1-15(2)6-3-7-18-13(15)9-19-14(21)20-10-4-5-11(16)12(17)8-10/h4-5,8,13,18H,3,6-7,9H2,1-2H3,(H2,19,20,21). The number of hydrogen-bond acceptors (Lipinski definition) is 2. The monoisotopic (exact) mass is 329 g/mol. The number of hydrogen-bond donors (Lipinski definition) is 3. The Morgan fingerprint density at radius 2 is 2.14 bits per heavy atom. The third kappa shape index (κ3) is 4.50. The van der Waals surface area contributed by atoms with E-state index in [1.807, 2.05) is 0 Å². The van der Waals surface area contributed by atoms with Crippen molar-refractivity contribution in [2.75, 3.05) is 18.4 Å². The van der Waals surface area contributed by atoms with Gasteiger partial charge in [0.05, 0.1) is 10.0 Å². The van der Waals surface area contributed by atoms with E-state index < -0.39 is 0 Å². The highest BCUT2D eigenvalue weighted by molar-refractivity contribution is 6.42. The summed E-state index contributed by atoms with van der Waals surface area (Å²) in [5.41, 5.74) is 0.813. The number of piperidine rings is 1. The molecule has 1 aromatic rings. The van der Waals surface area contributed by atoms with Crippen molar-refractivity contribution in [1.82, 2.24) is 10.6 Å². The molecule has 0 spiro atoms. The molecule has 0 aromatic heterocycles. The van der Waals surface area contributed by atoms with Gasteiger partial charge in [0.1, 0.15) is 0 Å². The third-order valence-corrected chi connectivity index (χ3v) is 4.72. The molecule has 1 fully saturated rings. The molecule has 1 aliphatic rings. The van der Waals surface area contributed by atoms with Gasteiger partial charge >= 0.3 is 6.03 Å². The fraction of sp³-hybridized carbons (Fsp3) is 0.533. The van der Waals surface area contributed by atoms with Crippen LogP contribution in [0.2, 0.25) is 10.0 Å². The minimum Gasteiger partial charge on any atom is -0.336 e. The van der Waals surface area contributed by atoms with Gasteiger partial charge < -0.3 is 16.0 Å². The lowest BCUT2D eigenvalue weighted by Gasteiger charge is -2.39. The minimum atomic E-state index is -0.239. The Balaban J connectivity index is 1.85. The molecule has 3 N–H and O–H groups in total. The second kappa shape index (κ2) is 6.86. The van der Waals surface area contributed by atoms with E-state index >= 15 is 0 Å². The lowest BCUT2D eigenvalue weighted by Crippen LogP contribution is -2.53. The largest absolute Gasteiger partial charge is 0.336 e. The maximum absolute atomic E-state index is 11.9. The van der Waals surface area contributed by atoms with Crippen LogP contribution in [0.1, 0.15) is 26.7 Å². The van der Waals surface area contributed by atoms with Gasteiger partial charge in [-0.2, -0.15) is 0 Å². The van der Waals surface area contributed by atoms with Crippen LogP contribution in [-0.4, -0.2) is 25.2 Å². The number of carbonyl (C=O) groups excluding carboxylic acids is 1. The number of nitrogens with one attached hydrogen (secondary N) is 3. The van der Waals surface area contributed by atoms with Gasteiger partial charge in [0.15, 0.2) is 0 Å². The van der Waals surface area contributed by atoms with Crippen LogP contribution in [0.3, 0.4) is 0 Å². The summed E-state index contributed by atoms with van der Waals surface area (Å²) in [7, 11) is 0. The number of urea groups is 1. The van der Waals surface area contributed by atoms with Crippen molar-refractivity contribution in [3.63, 3.8) is 0 Å². The van der Waals surface area contributed by atoms with Crippen molar-refractivity contribution in [2.45, 2.75) is 32.7 Å². The van der Waals surface area contributed by atoms with Crippen molar-refractivity contribution < 1.29 is 4.79 Å². The fourth-order valence-corrected chi connectivity index (χ4v) is 2.86. The quantitative estimate of drug-likeness (QED) is 0.787. The Morgan fingerprint density at radius 3 is 2.81 bits per heavy atom. The summed E-state index contributed by atoms with van der Waals surface area (Å²) in [6.45, 7) is 6.05. The summed E-state index contributed by atoms with van der Waals surface area (Å²) < 4.78 is 0. The number of rotatable bonds is 3. The molecule has 1 atom stereocenters. The first-order chi connectivity index (χ1) is 9.88. The average Bonchev–Trinajstić information content (AvgIpc) is 2.41. The van der Waals surface area contributed by atoms with E-state index in [4.69, 9.17) is 23.2 Å². The van der Waals surface area contributed by atoms with Gasteiger partial charge in [-0.25, -0.2) is 4.79 Å². The summed E-state index contributed by atoms with van der Waals surface area (Å²) in [5, 5.41) is 10.0. The molecule has 4 nitrogen and oxygen atoms in total. The molecule has 116 valence electrons. The normalized spacial score (nSPS) is 20.9. The zero-order chi connectivity index (χ0) is 15.5. The second-order valence-corrected chi connectivity index (χ2v) is 6.88. The van der Waals surface area contributed by atoms with Gasteiger partial charge in [-0.15, -0.1) is 0 Å². The van der Waals surface area contributed by atoms with Crippen LogP contribution in [0.5, 0.6) is 0 Å². The predicted octanol–water partition coefficient (Wildman–Crippen LogP) is 3.89. The van der Waals surface area contributed by atoms with Crippen LogP contribution >= 0.6 is 23.2 Å². The van der Waals surface area contributed by atoms with Crippen LogP contribution in [0, 0.1) is 5.41 Å². The highest BCUT2D eigenvalue weighted by Gasteiger charge is 2.31. The molecule has 6 heteroatoms. The Hall–Kier alpha value is -0.970. The van der Waals surface area contributed by atoms with Crippen LogP contribution in [0.25, 0.3) is 0 Å². The summed E-state index contributed by atoms with van der Waals surface area (Å²) in [6.07, 6.45) is 2.35. The first-order valence-corrected chi connectivity index (χ1v) is 7.87. The smallest absolute Gasteiger partial charge is 0.319 e. The zero-order valence-corrected chi connectivity index (χ0v) is 13.8. The van der Waals surface area contributed by atoms with Gasteiger partial charge in [-0.1, -0.05) is 37.0 Å². The molecule has 1 unspecified atom stereocenters. The van der Waals surface area contributed by atoms with E-state index in [1.54, 1.807) is 18.2 Å². The Labute approximate surface area is 135 Å². The van der Waals surface area contributed by atoms with Gasteiger partial charge in [0.25, 0.3) is 0 Å². The van der Waals surface area contributed by atoms with E-state index in [1.165, 1.54) is 12.8 Å². The van der Waals surface area contributed by atoms with Crippen LogP contribution in [0.15, 0.2) is 18.2 Å². The van der Waals surface area contributed by atoms with Crippen molar-refractivity contribution in [2.24, 2.45) is 5.41 Å². The summed E-state index contributed by atoms with van der Waals surface area (Å²) in [6, 6.07) is 5.05. The predicted molar refractivity (Wildman–Crippen MR) is 88.3 cm³/mol. The average molecular weight is 330 g/mol. The molecule has 0 radical (unpaired) electrons. The minimum absolute atomic E-state index is 0.190. The molecular weight excluding hydrogens is 309 g/mol. The molecule has 2 rings (SSSR count). The lowest BCUT2D eigenvalue weighted by atomic mass is 9.77. The topological polar surface area (TPSA) is 53.2 Å². The molecule has 1 aliphatic heterocycles. The molecule has 1 heterocycles. The van der Waals surface area contributed by atoms with Crippen molar-refractivity contribution in [3.05, 3.63) is 28.2 Å². The van der Waals surface area contributed by atoms with Crippen LogP contribution < -0.4 is 16.0 Å². The Morgan fingerprint density at radius 1 is 1.38 bits per heavy atom. The van der Waals surface area contributed by atoms with E-state index in [2.05, 4.69) is 29.8 Å². The third-order valence-electron chi connectivity index (χ3n) is 3.98. The summed E-state index contributed by atoms with van der Waals surface area (Å²) >= 11 is 11.8. The van der Waals surface area contributed by atoms with Crippen molar-refractivity contribution in [3.8, 4) is 0 Å². The highest BCUT2D eigenvalue weighted by Crippen LogP contribution is 2.29. The van der Waals surface area contributed by atoms with Gasteiger partial charge in [0.2, 0.25) is 0 Å². The number of halogens is 2. The number of amides is 2. The maximum atomic E-state index is 11.9. The molecule has 0 aliphatic carbocycles. The first kappa shape index (κ1) is 16.4. The van der Waals surface area contributed by atoms with Crippen molar-refractivity contribution >= 4 is 34.9 Å². The van der Waals surface area contributed by atoms with Gasteiger partial charge in [0, 0.05) is 18.3 Å². The molecule has 1 aromatic carbocycles.